The second-order valence-corrected chi connectivity index (χ2v) is 6.14. The number of nitrogens with one attached hydrogen (secondary N) is 1. The van der Waals surface area contributed by atoms with Gasteiger partial charge in [0.05, 0.1) is 27.8 Å². The van der Waals surface area contributed by atoms with Crippen LogP contribution in [0, 0.1) is 0 Å². The molecule has 3 aromatic rings. The van der Waals surface area contributed by atoms with Gasteiger partial charge in [-0.25, -0.2) is 0 Å². The highest BCUT2D eigenvalue weighted by Gasteiger charge is 2.14. The molecule has 2 aromatic carbocycles. The molecule has 0 radical (unpaired) electrons. The van der Waals surface area contributed by atoms with Crippen LogP contribution >= 0.6 is 27.5 Å². The molecule has 0 bridgehead atoms. The number of aromatic hydroxyl groups is 1. The first-order valence-electron chi connectivity index (χ1n) is 6.92. The summed E-state index contributed by atoms with van der Waals surface area (Å²) in [6.45, 7) is 2.09. The van der Waals surface area contributed by atoms with E-state index in [2.05, 4.69) is 32.8 Å². The van der Waals surface area contributed by atoms with Crippen molar-refractivity contribution in [1.29, 1.82) is 0 Å². The summed E-state index contributed by atoms with van der Waals surface area (Å²) in [4.78, 5) is 7.62. The maximum atomic E-state index is 10.4. The fourth-order valence-corrected chi connectivity index (χ4v) is 2.97. The standard InChI is InChI=1S/C17H14BrClN2O/c1-2-10-5-3-4-6-12(10)20-9-14-17(22)15-13(21-14)8-7-11(18)16(15)19/h3-9,21-22H,2H2,1H3. The Labute approximate surface area is 141 Å². The molecule has 3 rings (SSSR count). The number of halogens is 2. The summed E-state index contributed by atoms with van der Waals surface area (Å²) in [6, 6.07) is 11.7. The van der Waals surface area contributed by atoms with E-state index in [1.807, 2.05) is 36.4 Å². The molecule has 5 heteroatoms. The van der Waals surface area contributed by atoms with Crippen LogP contribution in [0.2, 0.25) is 5.02 Å². The first-order chi connectivity index (χ1) is 10.6. The van der Waals surface area contributed by atoms with Crippen LogP contribution in [0.5, 0.6) is 5.75 Å². The summed E-state index contributed by atoms with van der Waals surface area (Å²) in [7, 11) is 0. The van der Waals surface area contributed by atoms with E-state index in [-0.39, 0.29) is 5.75 Å². The molecule has 0 fully saturated rings. The van der Waals surface area contributed by atoms with Gasteiger partial charge < -0.3 is 10.1 Å². The van der Waals surface area contributed by atoms with Crippen LogP contribution in [0.3, 0.4) is 0 Å². The number of hydrogen-bond donors (Lipinski definition) is 2. The molecular formula is C17H14BrClN2O. The van der Waals surface area contributed by atoms with Crippen molar-refractivity contribution < 1.29 is 5.11 Å². The van der Waals surface area contributed by atoms with Crippen molar-refractivity contribution in [3.05, 3.63) is 57.2 Å². The topological polar surface area (TPSA) is 48.4 Å². The lowest BCUT2D eigenvalue weighted by molar-refractivity contribution is 0.480. The first kappa shape index (κ1) is 15.1. The van der Waals surface area contributed by atoms with E-state index in [0.717, 1.165) is 27.7 Å². The van der Waals surface area contributed by atoms with Gasteiger partial charge >= 0.3 is 0 Å². The number of aliphatic imine (C=N–C) groups is 1. The molecule has 3 nitrogen and oxygen atoms in total. The number of rotatable bonds is 3. The normalized spacial score (nSPS) is 11.6. The quantitative estimate of drug-likeness (QED) is 0.573. The Morgan fingerprint density at radius 1 is 1.27 bits per heavy atom. The fourth-order valence-electron chi connectivity index (χ4n) is 2.39. The van der Waals surface area contributed by atoms with Gasteiger partial charge in [-0.15, -0.1) is 0 Å². The van der Waals surface area contributed by atoms with Gasteiger partial charge in [0.15, 0.2) is 5.75 Å². The zero-order valence-electron chi connectivity index (χ0n) is 11.9. The number of para-hydroxylation sites is 1. The Balaban J connectivity index is 2.06. The maximum absolute atomic E-state index is 10.4. The van der Waals surface area contributed by atoms with Gasteiger partial charge in [-0.2, -0.15) is 0 Å². The number of nitrogens with zero attached hydrogens (tertiary/aromatic N) is 1. The second kappa shape index (κ2) is 6.15. The maximum Gasteiger partial charge on any atom is 0.151 e. The molecule has 112 valence electrons. The lowest BCUT2D eigenvalue weighted by Crippen LogP contribution is -1.84. The van der Waals surface area contributed by atoms with Crippen LogP contribution in [0.15, 0.2) is 45.9 Å². The van der Waals surface area contributed by atoms with E-state index in [1.165, 1.54) is 0 Å². The molecule has 0 saturated heterocycles. The Bertz CT molecular complexity index is 870. The van der Waals surface area contributed by atoms with E-state index in [4.69, 9.17) is 11.6 Å². The highest BCUT2D eigenvalue weighted by atomic mass is 79.9. The minimum atomic E-state index is 0.110. The molecule has 22 heavy (non-hydrogen) atoms. The number of aryl methyl sites for hydroxylation is 1. The molecule has 0 aliphatic heterocycles. The van der Waals surface area contributed by atoms with Crippen LogP contribution in [0.25, 0.3) is 10.9 Å². The monoisotopic (exact) mass is 376 g/mol. The summed E-state index contributed by atoms with van der Waals surface area (Å²) in [5, 5.41) is 11.5. The Hall–Kier alpha value is -1.78. The van der Waals surface area contributed by atoms with Crippen molar-refractivity contribution in [2.45, 2.75) is 13.3 Å². The summed E-state index contributed by atoms with van der Waals surface area (Å²) in [5.41, 5.74) is 3.38. The number of H-pyrrole nitrogens is 1. The molecular weight excluding hydrogens is 364 g/mol. The van der Waals surface area contributed by atoms with Crippen LogP contribution < -0.4 is 0 Å². The minimum absolute atomic E-state index is 0.110. The van der Waals surface area contributed by atoms with E-state index in [0.29, 0.717) is 16.1 Å². The molecule has 0 spiro atoms. The Morgan fingerprint density at radius 3 is 2.82 bits per heavy atom. The van der Waals surface area contributed by atoms with Crippen molar-refractivity contribution in [1.82, 2.24) is 4.98 Å². The third kappa shape index (κ3) is 2.64. The highest BCUT2D eigenvalue weighted by molar-refractivity contribution is 9.10. The predicted octanol–water partition coefficient (Wildman–Crippen LogP) is 5.60. The fraction of sp³-hybridized carbons (Fsp3) is 0.118. The molecule has 0 aliphatic carbocycles. The summed E-state index contributed by atoms with van der Waals surface area (Å²) in [5.74, 6) is 0.110. The molecule has 1 aromatic heterocycles. The molecule has 0 atom stereocenters. The second-order valence-electron chi connectivity index (χ2n) is 4.91. The van der Waals surface area contributed by atoms with Crippen molar-refractivity contribution in [3.8, 4) is 5.75 Å². The minimum Gasteiger partial charge on any atom is -0.505 e. The number of fused-ring (bicyclic) bond motifs is 1. The van der Waals surface area contributed by atoms with Crippen LogP contribution in [0.1, 0.15) is 18.2 Å². The summed E-state index contributed by atoms with van der Waals surface area (Å²) < 4.78 is 0.746. The van der Waals surface area contributed by atoms with Crippen molar-refractivity contribution >= 4 is 50.3 Å². The smallest absolute Gasteiger partial charge is 0.151 e. The Morgan fingerprint density at radius 2 is 2.05 bits per heavy atom. The van der Waals surface area contributed by atoms with Crippen LogP contribution in [-0.4, -0.2) is 16.3 Å². The van der Waals surface area contributed by atoms with Crippen LogP contribution in [0.4, 0.5) is 5.69 Å². The number of benzene rings is 2. The first-order valence-corrected chi connectivity index (χ1v) is 8.09. The van der Waals surface area contributed by atoms with Crippen molar-refractivity contribution in [2.24, 2.45) is 4.99 Å². The highest BCUT2D eigenvalue weighted by Crippen LogP contribution is 2.38. The molecule has 2 N–H and O–H groups in total. The van der Waals surface area contributed by atoms with E-state index in [9.17, 15) is 5.11 Å². The largest absolute Gasteiger partial charge is 0.505 e. The number of aromatic amines is 1. The lowest BCUT2D eigenvalue weighted by atomic mass is 10.1. The van der Waals surface area contributed by atoms with E-state index in [1.54, 1.807) is 6.21 Å². The van der Waals surface area contributed by atoms with Crippen LogP contribution in [-0.2, 0) is 6.42 Å². The molecule has 0 amide bonds. The van der Waals surface area contributed by atoms with E-state index < -0.39 is 0 Å². The molecule has 0 unspecified atom stereocenters. The average molecular weight is 378 g/mol. The van der Waals surface area contributed by atoms with Gasteiger partial charge in [0.1, 0.15) is 5.69 Å². The van der Waals surface area contributed by atoms with Gasteiger partial charge in [-0.3, -0.25) is 4.99 Å². The summed E-state index contributed by atoms with van der Waals surface area (Å²) >= 11 is 9.60. The predicted molar refractivity (Wildman–Crippen MR) is 95.7 cm³/mol. The molecule has 1 heterocycles. The van der Waals surface area contributed by atoms with E-state index >= 15 is 0 Å². The lowest BCUT2D eigenvalue weighted by Gasteiger charge is -2.01. The van der Waals surface area contributed by atoms with Gasteiger partial charge in [0.25, 0.3) is 0 Å². The van der Waals surface area contributed by atoms with Gasteiger partial charge in [-0.1, -0.05) is 36.7 Å². The van der Waals surface area contributed by atoms with Crippen molar-refractivity contribution in [2.75, 3.05) is 0 Å². The zero-order valence-corrected chi connectivity index (χ0v) is 14.2. The number of aromatic nitrogens is 1. The van der Waals surface area contributed by atoms with Gasteiger partial charge in [-0.05, 0) is 46.1 Å². The average Bonchev–Trinajstić information content (AvgIpc) is 2.86. The van der Waals surface area contributed by atoms with Gasteiger partial charge in [0.2, 0.25) is 0 Å². The third-order valence-electron chi connectivity index (χ3n) is 3.56. The zero-order chi connectivity index (χ0) is 15.7. The van der Waals surface area contributed by atoms with Crippen molar-refractivity contribution in [3.63, 3.8) is 0 Å². The third-order valence-corrected chi connectivity index (χ3v) is 4.84. The molecule has 0 aliphatic rings. The SMILES string of the molecule is CCc1ccccc1N=Cc1[nH]c2ccc(Br)c(Cl)c2c1O. The van der Waals surface area contributed by atoms with Gasteiger partial charge in [0, 0.05) is 4.47 Å². The number of hydrogen-bond acceptors (Lipinski definition) is 2. The molecule has 0 saturated carbocycles. The Kier molecular flexibility index (Phi) is 4.23. The summed E-state index contributed by atoms with van der Waals surface area (Å²) in [6.07, 6.45) is 2.54.